The van der Waals surface area contributed by atoms with Gasteiger partial charge in [0, 0.05) is 34.9 Å². The Bertz CT molecular complexity index is 549. The Hall–Kier alpha value is -1.71. The van der Waals surface area contributed by atoms with Crippen molar-refractivity contribution in [2.75, 3.05) is 25.1 Å². The van der Waals surface area contributed by atoms with Crippen molar-refractivity contribution in [2.24, 2.45) is 5.73 Å². The van der Waals surface area contributed by atoms with Gasteiger partial charge in [0.25, 0.3) is 5.91 Å². The van der Waals surface area contributed by atoms with Crippen molar-refractivity contribution in [2.45, 2.75) is 0 Å². The van der Waals surface area contributed by atoms with E-state index in [1.165, 1.54) is 12.1 Å². The van der Waals surface area contributed by atoms with Gasteiger partial charge >= 0.3 is 0 Å². The number of hydrogen-bond donors (Lipinski definition) is 2. The monoisotopic (exact) mass is 282 g/mol. The lowest BCUT2D eigenvalue weighted by molar-refractivity contribution is 0.0955. The second kappa shape index (κ2) is 7.67. The number of nitrogens with two attached hydrogens (primary N) is 1. The van der Waals surface area contributed by atoms with E-state index in [2.05, 4.69) is 17.2 Å². The molecule has 0 bridgehead atoms. The van der Waals surface area contributed by atoms with Gasteiger partial charge in [-0.1, -0.05) is 11.8 Å². The number of amides is 1. The number of nitrogens with one attached hydrogen (secondary N) is 1. The largest absolute Gasteiger partial charge is 0.351 e. The van der Waals surface area contributed by atoms with E-state index < -0.39 is 22.5 Å². The van der Waals surface area contributed by atoms with E-state index >= 15 is 0 Å². The van der Waals surface area contributed by atoms with Crippen LogP contribution in [0, 0.1) is 17.7 Å². The van der Waals surface area contributed by atoms with Gasteiger partial charge in [0.05, 0.1) is 12.1 Å². The summed E-state index contributed by atoms with van der Waals surface area (Å²) in [7, 11) is -0.969. The zero-order valence-corrected chi connectivity index (χ0v) is 11.3. The van der Waals surface area contributed by atoms with Crippen molar-refractivity contribution in [1.29, 1.82) is 0 Å². The van der Waals surface area contributed by atoms with Crippen LogP contribution < -0.4 is 11.1 Å². The third kappa shape index (κ3) is 5.20. The molecule has 0 aliphatic heterocycles. The highest BCUT2D eigenvalue weighted by molar-refractivity contribution is 7.84. The van der Waals surface area contributed by atoms with Crippen molar-refractivity contribution in [3.63, 3.8) is 0 Å². The predicted molar refractivity (Wildman–Crippen MR) is 73.6 cm³/mol. The standard InChI is InChI=1S/C13H15FN2O2S/c1-19(18)8-7-16-13(17)11-5-4-10(3-2-6-15)12(14)9-11/h4-5,9H,6-8,15H2,1H3,(H,16,17). The van der Waals surface area contributed by atoms with Crippen LogP contribution in [0.1, 0.15) is 15.9 Å². The van der Waals surface area contributed by atoms with Crippen LogP contribution >= 0.6 is 0 Å². The number of carbonyl (C=O) groups excluding carboxylic acids is 1. The van der Waals surface area contributed by atoms with Crippen LogP contribution in [-0.4, -0.2) is 35.2 Å². The van der Waals surface area contributed by atoms with Gasteiger partial charge in [0.15, 0.2) is 0 Å². The molecule has 0 aromatic heterocycles. The fraction of sp³-hybridized carbons (Fsp3) is 0.308. The van der Waals surface area contributed by atoms with Crippen molar-refractivity contribution in [3.05, 3.63) is 35.1 Å². The van der Waals surface area contributed by atoms with E-state index in [0.29, 0.717) is 5.75 Å². The fourth-order valence-electron chi connectivity index (χ4n) is 1.31. The van der Waals surface area contributed by atoms with Gasteiger partial charge in [-0.2, -0.15) is 0 Å². The first-order valence-electron chi connectivity index (χ1n) is 5.61. The molecule has 3 N–H and O–H groups in total. The minimum absolute atomic E-state index is 0.149. The second-order valence-corrected chi connectivity index (χ2v) is 5.29. The summed E-state index contributed by atoms with van der Waals surface area (Å²) < 4.78 is 24.4. The summed E-state index contributed by atoms with van der Waals surface area (Å²) in [4.78, 5) is 11.7. The minimum Gasteiger partial charge on any atom is -0.351 e. The van der Waals surface area contributed by atoms with Crippen LogP contribution in [0.25, 0.3) is 0 Å². The molecule has 0 aliphatic rings. The summed E-state index contributed by atoms with van der Waals surface area (Å²) in [5.74, 6) is 4.53. The Labute approximate surface area is 114 Å². The molecule has 0 radical (unpaired) electrons. The van der Waals surface area contributed by atoms with Gasteiger partial charge in [0.2, 0.25) is 0 Å². The number of carbonyl (C=O) groups is 1. The van der Waals surface area contributed by atoms with E-state index in [-0.39, 0.29) is 24.2 Å². The molecular formula is C13H15FN2O2S. The molecule has 0 fully saturated rings. The van der Waals surface area contributed by atoms with Crippen LogP contribution in [-0.2, 0) is 10.8 Å². The SMILES string of the molecule is CS(=O)CCNC(=O)c1ccc(C#CCN)c(F)c1. The smallest absolute Gasteiger partial charge is 0.251 e. The molecule has 1 unspecified atom stereocenters. The molecule has 0 saturated carbocycles. The van der Waals surface area contributed by atoms with Gasteiger partial charge in [0.1, 0.15) is 5.82 Å². The molecule has 1 aromatic carbocycles. The molecule has 1 aromatic rings. The van der Waals surface area contributed by atoms with Gasteiger partial charge in [-0.15, -0.1) is 0 Å². The first-order chi connectivity index (χ1) is 9.04. The number of halogens is 1. The summed E-state index contributed by atoms with van der Waals surface area (Å²) in [5.41, 5.74) is 5.61. The van der Waals surface area contributed by atoms with E-state index in [1.54, 1.807) is 6.26 Å². The van der Waals surface area contributed by atoms with Crippen molar-refractivity contribution < 1.29 is 13.4 Å². The first-order valence-corrected chi connectivity index (χ1v) is 7.34. The molecule has 4 nitrogen and oxygen atoms in total. The van der Waals surface area contributed by atoms with Crippen LogP contribution in [0.2, 0.25) is 0 Å². The summed E-state index contributed by atoms with van der Waals surface area (Å²) in [6.45, 7) is 0.439. The van der Waals surface area contributed by atoms with Crippen LogP contribution in [0.3, 0.4) is 0 Å². The van der Waals surface area contributed by atoms with Crippen LogP contribution in [0.15, 0.2) is 18.2 Å². The summed E-state index contributed by atoms with van der Waals surface area (Å²) >= 11 is 0. The maximum Gasteiger partial charge on any atom is 0.251 e. The van der Waals surface area contributed by atoms with E-state index in [4.69, 9.17) is 5.73 Å². The van der Waals surface area contributed by atoms with Crippen molar-refractivity contribution in [1.82, 2.24) is 5.32 Å². The molecule has 1 amide bonds. The molecule has 102 valence electrons. The van der Waals surface area contributed by atoms with Gasteiger partial charge in [-0.05, 0) is 18.2 Å². The molecule has 0 saturated heterocycles. The Morgan fingerprint density at radius 2 is 2.26 bits per heavy atom. The molecular weight excluding hydrogens is 267 g/mol. The zero-order chi connectivity index (χ0) is 14.3. The fourth-order valence-corrected chi connectivity index (χ4v) is 1.70. The van der Waals surface area contributed by atoms with Crippen molar-refractivity contribution >= 4 is 16.7 Å². The first kappa shape index (κ1) is 15.3. The average Bonchev–Trinajstić information content (AvgIpc) is 2.36. The van der Waals surface area contributed by atoms with E-state index in [9.17, 15) is 13.4 Å². The molecule has 0 spiro atoms. The molecule has 19 heavy (non-hydrogen) atoms. The summed E-state index contributed by atoms with van der Waals surface area (Å²) in [6, 6.07) is 4.05. The minimum atomic E-state index is -0.969. The lowest BCUT2D eigenvalue weighted by Gasteiger charge is -2.04. The third-order valence-electron chi connectivity index (χ3n) is 2.23. The number of rotatable bonds is 4. The topological polar surface area (TPSA) is 72.2 Å². The lowest BCUT2D eigenvalue weighted by atomic mass is 10.1. The van der Waals surface area contributed by atoms with E-state index in [0.717, 1.165) is 6.07 Å². The highest BCUT2D eigenvalue weighted by atomic mass is 32.2. The Morgan fingerprint density at radius 3 is 2.84 bits per heavy atom. The maximum atomic E-state index is 13.6. The van der Waals surface area contributed by atoms with Crippen LogP contribution in [0.5, 0.6) is 0 Å². The van der Waals surface area contributed by atoms with Gasteiger partial charge in [-0.25, -0.2) is 4.39 Å². The number of hydrogen-bond acceptors (Lipinski definition) is 3. The quantitative estimate of drug-likeness (QED) is 0.777. The molecule has 1 rings (SSSR count). The highest BCUT2D eigenvalue weighted by Crippen LogP contribution is 2.09. The normalized spacial score (nSPS) is 11.3. The Morgan fingerprint density at radius 1 is 1.53 bits per heavy atom. The van der Waals surface area contributed by atoms with E-state index in [1.807, 2.05) is 0 Å². The Balaban J connectivity index is 2.72. The maximum absolute atomic E-state index is 13.6. The molecule has 6 heteroatoms. The van der Waals surface area contributed by atoms with Gasteiger partial charge in [-0.3, -0.25) is 9.00 Å². The Kier molecular flexibility index (Phi) is 6.19. The molecule has 0 aliphatic carbocycles. The van der Waals surface area contributed by atoms with Gasteiger partial charge < -0.3 is 11.1 Å². The molecule has 1 atom stereocenters. The third-order valence-corrected chi connectivity index (χ3v) is 3.01. The highest BCUT2D eigenvalue weighted by Gasteiger charge is 2.08. The number of benzene rings is 1. The average molecular weight is 282 g/mol. The van der Waals surface area contributed by atoms with Crippen LogP contribution in [0.4, 0.5) is 4.39 Å². The summed E-state index contributed by atoms with van der Waals surface area (Å²) in [6.07, 6.45) is 1.55. The zero-order valence-electron chi connectivity index (χ0n) is 10.5. The van der Waals surface area contributed by atoms with Crippen molar-refractivity contribution in [3.8, 4) is 11.8 Å². The summed E-state index contributed by atoms with van der Waals surface area (Å²) in [5, 5.41) is 2.57. The second-order valence-electron chi connectivity index (χ2n) is 3.73. The lowest BCUT2D eigenvalue weighted by Crippen LogP contribution is -2.27. The predicted octanol–water partition coefficient (Wildman–Crippen LogP) is 0.244. The molecule has 0 heterocycles.